The van der Waals surface area contributed by atoms with Gasteiger partial charge in [0.25, 0.3) is 5.91 Å². The van der Waals surface area contributed by atoms with Gasteiger partial charge in [-0.15, -0.1) is 16.4 Å². The van der Waals surface area contributed by atoms with Gasteiger partial charge in [-0.3, -0.25) is 15.2 Å². The largest absolute Gasteiger partial charge is 0.347 e. The van der Waals surface area contributed by atoms with Crippen LogP contribution in [-0.4, -0.2) is 25.7 Å². The predicted molar refractivity (Wildman–Crippen MR) is 77.8 cm³/mol. The molecule has 0 fully saturated rings. The lowest BCUT2D eigenvalue weighted by molar-refractivity contribution is 0.101. The van der Waals surface area contributed by atoms with Crippen LogP contribution in [0.15, 0.2) is 30.5 Å². The van der Waals surface area contributed by atoms with Crippen molar-refractivity contribution in [3.63, 3.8) is 0 Å². The quantitative estimate of drug-likeness (QED) is 0.777. The third-order valence-corrected chi connectivity index (χ3v) is 3.87. The van der Waals surface area contributed by atoms with Crippen molar-refractivity contribution in [2.75, 3.05) is 5.32 Å². The van der Waals surface area contributed by atoms with Crippen LogP contribution in [0, 0.1) is 6.92 Å². The number of hydrogen-bond acceptors (Lipinski definition) is 4. The number of aromatic amines is 1. The molecule has 0 atom stereocenters. The summed E-state index contributed by atoms with van der Waals surface area (Å²) in [5.74, 6) is 0.702. The Balaban J connectivity index is 1.78. The molecule has 0 unspecified atom stereocenters. The first-order valence-electron chi connectivity index (χ1n) is 6.05. The Morgan fingerprint density at radius 2 is 2.25 bits per heavy atom. The molecular weight excluding hydrogens is 274 g/mol. The van der Waals surface area contributed by atoms with Crippen molar-refractivity contribution in [3.8, 4) is 10.7 Å². The average molecular weight is 287 g/mol. The molecule has 2 N–H and O–H groups in total. The number of aromatic nitrogens is 4. The number of carbonyl (C=O) groups excluding carboxylic acids is 1. The molecule has 3 rings (SSSR count). The minimum atomic E-state index is -0.231. The fourth-order valence-electron chi connectivity index (χ4n) is 1.85. The van der Waals surface area contributed by atoms with E-state index in [1.54, 1.807) is 22.0 Å². The van der Waals surface area contributed by atoms with E-state index in [0.717, 1.165) is 4.88 Å². The van der Waals surface area contributed by atoms with Crippen molar-refractivity contribution >= 4 is 23.2 Å². The molecule has 6 nitrogen and oxygen atoms in total. The van der Waals surface area contributed by atoms with Gasteiger partial charge in [0.1, 0.15) is 5.69 Å². The first kappa shape index (κ1) is 12.6. The van der Waals surface area contributed by atoms with Gasteiger partial charge in [-0.25, -0.2) is 0 Å². The van der Waals surface area contributed by atoms with Gasteiger partial charge in [-0.05, 0) is 31.2 Å². The lowest BCUT2D eigenvalue weighted by atomic mass is 10.4. The molecule has 0 saturated heterocycles. The number of anilines is 1. The number of hydrogen-bond donors (Lipinski definition) is 2. The van der Waals surface area contributed by atoms with E-state index in [2.05, 4.69) is 20.5 Å². The number of rotatable bonds is 3. The van der Waals surface area contributed by atoms with Gasteiger partial charge in [-0.1, -0.05) is 0 Å². The third-order valence-electron chi connectivity index (χ3n) is 2.86. The Morgan fingerprint density at radius 1 is 1.40 bits per heavy atom. The Morgan fingerprint density at radius 3 is 2.90 bits per heavy atom. The molecule has 1 amide bonds. The lowest BCUT2D eigenvalue weighted by Crippen LogP contribution is -2.16. The molecular formula is C13H13N5OS. The second kappa shape index (κ2) is 4.93. The number of thiophene rings is 1. The SMILES string of the molecule is Cc1ccc(-c2nc(NC(=O)c3cccn3C)n[nH]2)s1. The van der Waals surface area contributed by atoms with Crippen molar-refractivity contribution < 1.29 is 4.79 Å². The number of carbonyl (C=O) groups is 1. The molecule has 3 aromatic rings. The molecule has 3 heterocycles. The summed E-state index contributed by atoms with van der Waals surface area (Å²) in [6, 6.07) is 7.55. The van der Waals surface area contributed by atoms with Crippen LogP contribution >= 0.6 is 11.3 Å². The van der Waals surface area contributed by atoms with Gasteiger partial charge in [0.2, 0.25) is 5.95 Å². The van der Waals surface area contributed by atoms with Crippen molar-refractivity contribution in [3.05, 3.63) is 41.0 Å². The summed E-state index contributed by atoms with van der Waals surface area (Å²) in [6.07, 6.45) is 1.81. The van der Waals surface area contributed by atoms with E-state index in [1.807, 2.05) is 38.4 Å². The van der Waals surface area contributed by atoms with Gasteiger partial charge in [-0.2, -0.15) is 4.98 Å². The highest BCUT2D eigenvalue weighted by atomic mass is 32.1. The number of nitrogens with zero attached hydrogens (tertiary/aromatic N) is 3. The van der Waals surface area contributed by atoms with E-state index in [1.165, 1.54) is 4.88 Å². The summed E-state index contributed by atoms with van der Waals surface area (Å²) >= 11 is 1.62. The van der Waals surface area contributed by atoms with Gasteiger partial charge < -0.3 is 4.57 Å². The first-order valence-corrected chi connectivity index (χ1v) is 6.87. The van der Waals surface area contributed by atoms with Crippen molar-refractivity contribution in [1.82, 2.24) is 19.7 Å². The zero-order valence-corrected chi connectivity index (χ0v) is 11.9. The third kappa shape index (κ3) is 2.35. The second-order valence-electron chi connectivity index (χ2n) is 4.38. The highest BCUT2D eigenvalue weighted by Crippen LogP contribution is 2.25. The minimum absolute atomic E-state index is 0.231. The Hall–Kier alpha value is -2.41. The molecule has 0 bridgehead atoms. The summed E-state index contributed by atoms with van der Waals surface area (Å²) in [4.78, 5) is 18.5. The van der Waals surface area contributed by atoms with Crippen molar-refractivity contribution in [1.29, 1.82) is 0 Å². The van der Waals surface area contributed by atoms with Crippen LogP contribution in [0.25, 0.3) is 10.7 Å². The van der Waals surface area contributed by atoms with E-state index in [0.29, 0.717) is 11.5 Å². The van der Waals surface area contributed by atoms with Crippen LogP contribution < -0.4 is 5.32 Å². The van der Waals surface area contributed by atoms with E-state index in [4.69, 9.17) is 0 Å². The van der Waals surface area contributed by atoms with Crippen LogP contribution in [0.3, 0.4) is 0 Å². The lowest BCUT2D eigenvalue weighted by Gasteiger charge is -2.01. The number of amides is 1. The van der Waals surface area contributed by atoms with Crippen LogP contribution in [0.5, 0.6) is 0 Å². The Labute approximate surface area is 119 Å². The van der Waals surface area contributed by atoms with Crippen LogP contribution in [-0.2, 0) is 7.05 Å². The van der Waals surface area contributed by atoms with E-state index < -0.39 is 0 Å². The Bertz CT molecular complexity index is 754. The van der Waals surface area contributed by atoms with Crippen LogP contribution in [0.1, 0.15) is 15.4 Å². The van der Waals surface area contributed by atoms with E-state index in [9.17, 15) is 4.79 Å². The molecule has 0 aliphatic rings. The van der Waals surface area contributed by atoms with Gasteiger partial charge in [0, 0.05) is 18.1 Å². The molecule has 0 spiro atoms. The summed E-state index contributed by atoms with van der Waals surface area (Å²) in [5, 5.41) is 9.51. The fraction of sp³-hybridized carbons (Fsp3) is 0.154. The van der Waals surface area contributed by atoms with E-state index >= 15 is 0 Å². The Kier molecular flexibility index (Phi) is 3.11. The zero-order chi connectivity index (χ0) is 14.1. The number of H-pyrrole nitrogens is 1. The predicted octanol–water partition coefficient (Wildman–Crippen LogP) is 2.43. The topological polar surface area (TPSA) is 75.6 Å². The molecule has 0 radical (unpaired) electrons. The van der Waals surface area contributed by atoms with Crippen molar-refractivity contribution in [2.45, 2.75) is 6.92 Å². The maximum absolute atomic E-state index is 12.0. The number of nitrogens with one attached hydrogen (secondary N) is 2. The van der Waals surface area contributed by atoms with Gasteiger partial charge in [0.15, 0.2) is 5.82 Å². The smallest absolute Gasteiger partial charge is 0.274 e. The molecule has 0 saturated carbocycles. The van der Waals surface area contributed by atoms with E-state index in [-0.39, 0.29) is 11.9 Å². The second-order valence-corrected chi connectivity index (χ2v) is 5.66. The highest BCUT2D eigenvalue weighted by Gasteiger charge is 2.13. The summed E-state index contributed by atoms with van der Waals surface area (Å²) < 4.78 is 1.74. The molecule has 3 aromatic heterocycles. The standard InChI is InChI=1S/C13H13N5OS/c1-8-5-6-10(20-8)11-14-13(17-16-11)15-12(19)9-4-3-7-18(9)2/h3-7H,1-2H3,(H2,14,15,16,17,19). The minimum Gasteiger partial charge on any atom is -0.347 e. The molecule has 20 heavy (non-hydrogen) atoms. The van der Waals surface area contributed by atoms with Crippen LogP contribution in [0.4, 0.5) is 5.95 Å². The molecule has 7 heteroatoms. The first-order chi connectivity index (χ1) is 9.63. The molecule has 0 aliphatic heterocycles. The number of aryl methyl sites for hydroxylation is 2. The average Bonchev–Trinajstić information content (AvgIpc) is 3.10. The highest BCUT2D eigenvalue weighted by molar-refractivity contribution is 7.15. The normalized spacial score (nSPS) is 10.7. The molecule has 102 valence electrons. The van der Waals surface area contributed by atoms with Gasteiger partial charge in [0.05, 0.1) is 4.88 Å². The maximum atomic E-state index is 12.0. The molecule has 0 aliphatic carbocycles. The fourth-order valence-corrected chi connectivity index (χ4v) is 2.66. The summed E-state index contributed by atoms with van der Waals surface area (Å²) in [7, 11) is 1.81. The summed E-state index contributed by atoms with van der Waals surface area (Å²) in [6.45, 7) is 2.03. The monoisotopic (exact) mass is 287 g/mol. The van der Waals surface area contributed by atoms with Crippen LogP contribution in [0.2, 0.25) is 0 Å². The molecule has 0 aromatic carbocycles. The maximum Gasteiger partial charge on any atom is 0.274 e. The van der Waals surface area contributed by atoms with Gasteiger partial charge >= 0.3 is 0 Å². The summed E-state index contributed by atoms with van der Waals surface area (Å²) in [5.41, 5.74) is 0.559. The zero-order valence-electron chi connectivity index (χ0n) is 11.0. The van der Waals surface area contributed by atoms with Crippen molar-refractivity contribution in [2.24, 2.45) is 7.05 Å².